The summed E-state index contributed by atoms with van der Waals surface area (Å²) in [5.41, 5.74) is -1.22. The van der Waals surface area contributed by atoms with E-state index in [1.54, 1.807) is 19.1 Å². The number of rotatable bonds is 7. The van der Waals surface area contributed by atoms with Crippen molar-refractivity contribution >= 4 is 23.7 Å². The molecule has 3 rings (SSSR count). The number of ether oxygens (including phenoxy) is 2. The molecular weight excluding hydrogens is 459 g/mol. The van der Waals surface area contributed by atoms with Crippen LogP contribution in [-0.2, 0) is 30.0 Å². The first-order valence-corrected chi connectivity index (χ1v) is 10.6. The van der Waals surface area contributed by atoms with E-state index in [1.807, 2.05) is 0 Å². The number of nitrogens with one attached hydrogen (secondary N) is 2. The van der Waals surface area contributed by atoms with Gasteiger partial charge in [0.15, 0.2) is 0 Å². The molecule has 184 valence electrons. The molecule has 1 fully saturated rings. The lowest BCUT2D eigenvalue weighted by atomic mass is 10.1. The lowest BCUT2D eigenvalue weighted by molar-refractivity contribution is -0.164. The first kappa shape index (κ1) is 25.2. The van der Waals surface area contributed by atoms with E-state index in [9.17, 15) is 32.3 Å². The fourth-order valence-electron chi connectivity index (χ4n) is 3.58. The number of amides is 3. The van der Waals surface area contributed by atoms with Crippen LogP contribution in [0.3, 0.4) is 0 Å². The summed E-state index contributed by atoms with van der Waals surface area (Å²) in [6.07, 6.45) is -2.20. The van der Waals surface area contributed by atoms with E-state index in [1.165, 1.54) is 11.0 Å². The van der Waals surface area contributed by atoms with E-state index in [-0.39, 0.29) is 38.1 Å². The van der Waals surface area contributed by atoms with Crippen LogP contribution in [-0.4, -0.2) is 66.7 Å². The Labute approximate surface area is 193 Å². The van der Waals surface area contributed by atoms with Crippen LogP contribution < -0.4 is 10.6 Å². The van der Waals surface area contributed by atoms with Gasteiger partial charge in [-0.15, -0.1) is 0 Å². The molecule has 3 unspecified atom stereocenters. The number of hydrogen-bond donors (Lipinski definition) is 2. The first-order valence-electron chi connectivity index (χ1n) is 10.6. The van der Waals surface area contributed by atoms with Crippen molar-refractivity contribution in [3.8, 4) is 0 Å². The Kier molecular flexibility index (Phi) is 7.92. The lowest BCUT2D eigenvalue weighted by Gasteiger charge is -2.25. The predicted octanol–water partition coefficient (Wildman–Crippen LogP) is 1.39. The van der Waals surface area contributed by atoms with Crippen molar-refractivity contribution in [1.29, 1.82) is 0 Å². The molecule has 1 aromatic rings. The van der Waals surface area contributed by atoms with Crippen LogP contribution in [0.4, 0.5) is 13.2 Å². The fraction of sp³-hybridized carbons (Fsp3) is 0.455. The quantitative estimate of drug-likeness (QED) is 0.448. The molecule has 9 nitrogen and oxygen atoms in total. The van der Waals surface area contributed by atoms with Crippen LogP contribution in [0.25, 0.3) is 0 Å². The van der Waals surface area contributed by atoms with Crippen LogP contribution in [0, 0.1) is 0 Å². The summed E-state index contributed by atoms with van der Waals surface area (Å²) in [6.45, 7) is 1.72. The molecule has 2 aliphatic heterocycles. The van der Waals surface area contributed by atoms with Crippen LogP contribution >= 0.6 is 0 Å². The van der Waals surface area contributed by atoms with Crippen LogP contribution in [0.15, 0.2) is 36.4 Å². The molecule has 3 amide bonds. The Hall–Kier alpha value is -3.41. The standard InChI is InChI=1S/C22H24F3N3O6/c1-2-33-21-16(11-18(30)34-21)26-17(29)12-28-9-4-3-8-15(20(28)32)27-19(31)13-6-5-7-14(10-13)22(23,24)25/h3-7,10,15-16,21H,2,8-9,11-12H2,1H3,(H,26,29)(H,27,31). The Morgan fingerprint density at radius 3 is 2.68 bits per heavy atom. The number of carbonyl (C=O) groups is 4. The highest BCUT2D eigenvalue weighted by atomic mass is 19.4. The lowest BCUT2D eigenvalue weighted by Crippen LogP contribution is -2.52. The molecule has 3 atom stereocenters. The third-order valence-electron chi connectivity index (χ3n) is 5.21. The Balaban J connectivity index is 1.63. The molecule has 2 aliphatic rings. The second kappa shape index (κ2) is 10.7. The van der Waals surface area contributed by atoms with Crippen molar-refractivity contribution in [1.82, 2.24) is 15.5 Å². The number of carbonyl (C=O) groups excluding carboxylic acids is 4. The number of esters is 1. The summed E-state index contributed by atoms with van der Waals surface area (Å²) in [7, 11) is 0. The smallest absolute Gasteiger partial charge is 0.416 e. The third-order valence-corrected chi connectivity index (χ3v) is 5.21. The molecule has 0 aromatic heterocycles. The van der Waals surface area contributed by atoms with Gasteiger partial charge >= 0.3 is 12.1 Å². The van der Waals surface area contributed by atoms with E-state index < -0.39 is 53.8 Å². The first-order chi connectivity index (χ1) is 16.1. The monoisotopic (exact) mass is 483 g/mol. The van der Waals surface area contributed by atoms with Crippen molar-refractivity contribution < 1.29 is 41.8 Å². The molecule has 0 bridgehead atoms. The highest BCUT2D eigenvalue weighted by Crippen LogP contribution is 2.29. The van der Waals surface area contributed by atoms with Crippen molar-refractivity contribution in [3.05, 3.63) is 47.5 Å². The maximum atomic E-state index is 12.9. The zero-order chi connectivity index (χ0) is 24.9. The van der Waals surface area contributed by atoms with Gasteiger partial charge in [0.1, 0.15) is 12.1 Å². The Morgan fingerprint density at radius 2 is 1.97 bits per heavy atom. The van der Waals surface area contributed by atoms with Crippen LogP contribution in [0.5, 0.6) is 0 Å². The molecule has 2 heterocycles. The van der Waals surface area contributed by atoms with E-state index in [4.69, 9.17) is 9.47 Å². The second-order valence-electron chi connectivity index (χ2n) is 7.72. The van der Waals surface area contributed by atoms with E-state index in [0.717, 1.165) is 12.1 Å². The summed E-state index contributed by atoms with van der Waals surface area (Å²) >= 11 is 0. The maximum absolute atomic E-state index is 12.9. The van der Waals surface area contributed by atoms with Gasteiger partial charge in [0.2, 0.25) is 18.1 Å². The van der Waals surface area contributed by atoms with Gasteiger partial charge < -0.3 is 25.0 Å². The van der Waals surface area contributed by atoms with Crippen molar-refractivity contribution in [3.63, 3.8) is 0 Å². The molecule has 0 aliphatic carbocycles. The fourth-order valence-corrected chi connectivity index (χ4v) is 3.58. The molecule has 1 aromatic carbocycles. The summed E-state index contributed by atoms with van der Waals surface area (Å²) in [4.78, 5) is 50.7. The Morgan fingerprint density at radius 1 is 1.21 bits per heavy atom. The van der Waals surface area contributed by atoms with Crippen molar-refractivity contribution in [2.75, 3.05) is 19.7 Å². The summed E-state index contributed by atoms with van der Waals surface area (Å²) in [5.74, 6) is -2.49. The zero-order valence-corrected chi connectivity index (χ0v) is 18.3. The minimum Gasteiger partial charge on any atom is -0.433 e. The minimum atomic E-state index is -4.61. The largest absolute Gasteiger partial charge is 0.433 e. The SMILES string of the molecule is CCOC1OC(=O)CC1NC(=O)CN1CC=CCC(NC(=O)c2cccc(C(F)(F)F)c2)C1=O. The van der Waals surface area contributed by atoms with Crippen molar-refractivity contribution in [2.45, 2.75) is 44.3 Å². The van der Waals surface area contributed by atoms with Crippen LogP contribution in [0.2, 0.25) is 0 Å². The number of cyclic esters (lactones) is 1. The molecular formula is C22H24F3N3O6. The van der Waals surface area contributed by atoms with Gasteiger partial charge in [-0.1, -0.05) is 18.2 Å². The molecule has 34 heavy (non-hydrogen) atoms. The number of hydrogen-bond acceptors (Lipinski definition) is 6. The number of benzene rings is 1. The average molecular weight is 483 g/mol. The van der Waals surface area contributed by atoms with E-state index >= 15 is 0 Å². The second-order valence-corrected chi connectivity index (χ2v) is 7.72. The third kappa shape index (κ3) is 6.34. The topological polar surface area (TPSA) is 114 Å². The number of nitrogens with zero attached hydrogens (tertiary/aromatic N) is 1. The number of halogens is 3. The number of alkyl halides is 3. The Bertz CT molecular complexity index is 981. The van der Waals surface area contributed by atoms with Gasteiger partial charge in [0, 0.05) is 18.7 Å². The normalized spacial score (nSPS) is 22.8. The molecule has 2 N–H and O–H groups in total. The average Bonchev–Trinajstić information content (AvgIpc) is 3.02. The predicted molar refractivity (Wildman–Crippen MR) is 111 cm³/mol. The van der Waals surface area contributed by atoms with Gasteiger partial charge in [-0.2, -0.15) is 13.2 Å². The van der Waals surface area contributed by atoms with Gasteiger partial charge in [-0.3, -0.25) is 19.2 Å². The summed E-state index contributed by atoms with van der Waals surface area (Å²) < 4.78 is 49.1. The van der Waals surface area contributed by atoms with E-state index in [2.05, 4.69) is 10.6 Å². The van der Waals surface area contributed by atoms with E-state index in [0.29, 0.717) is 6.07 Å². The summed E-state index contributed by atoms with van der Waals surface area (Å²) in [6, 6.07) is 2.10. The molecule has 0 spiro atoms. The summed E-state index contributed by atoms with van der Waals surface area (Å²) in [5, 5.41) is 5.06. The molecule has 0 saturated carbocycles. The minimum absolute atomic E-state index is 0.0695. The zero-order valence-electron chi connectivity index (χ0n) is 18.3. The highest BCUT2D eigenvalue weighted by molar-refractivity contribution is 5.98. The van der Waals surface area contributed by atoms with Gasteiger partial charge in [-0.05, 0) is 31.5 Å². The maximum Gasteiger partial charge on any atom is 0.416 e. The van der Waals surface area contributed by atoms with Gasteiger partial charge in [-0.25, -0.2) is 0 Å². The van der Waals surface area contributed by atoms with Crippen LogP contribution in [0.1, 0.15) is 35.7 Å². The van der Waals surface area contributed by atoms with Gasteiger partial charge in [0.05, 0.1) is 18.5 Å². The van der Waals surface area contributed by atoms with Gasteiger partial charge in [0.25, 0.3) is 5.91 Å². The molecule has 0 radical (unpaired) electrons. The highest BCUT2D eigenvalue weighted by Gasteiger charge is 2.37. The molecule has 12 heteroatoms. The molecule has 1 saturated heterocycles. The van der Waals surface area contributed by atoms with Crippen molar-refractivity contribution in [2.24, 2.45) is 0 Å².